The van der Waals surface area contributed by atoms with Gasteiger partial charge in [-0.3, -0.25) is 0 Å². The molecule has 0 aromatic heterocycles. The average Bonchev–Trinajstić information content (AvgIpc) is 2.35. The Bertz CT molecular complexity index is 534. The maximum absolute atomic E-state index is 5.35. The average molecular weight is 457 g/mol. The first-order valence-corrected chi connectivity index (χ1v) is 24.7. The third-order valence-corrected chi connectivity index (χ3v) is 18.3. The lowest BCUT2D eigenvalue weighted by Crippen LogP contribution is -2.57. The third-order valence-electron chi connectivity index (χ3n) is 4.80. The quantitative estimate of drug-likeness (QED) is 0.323. The minimum absolute atomic E-state index is 0.241. The van der Waals surface area contributed by atoms with Crippen molar-refractivity contribution in [3.8, 4) is 0 Å². The largest absolute Gasteiger partial charge is 0.350 e. The van der Waals surface area contributed by atoms with Crippen LogP contribution in [0.4, 0.5) is 0 Å². The minimum Gasteiger partial charge on any atom is -0.350 e. The predicted octanol–water partition coefficient (Wildman–Crippen LogP) is 6.85. The number of nitrogens with zero attached hydrogens (tertiary/aromatic N) is 4. The molecule has 0 spiro atoms. The molecule has 0 aromatic rings. The second kappa shape index (κ2) is 8.15. The summed E-state index contributed by atoms with van der Waals surface area (Å²) in [5, 5.41) is 10.7. The number of hydrogen-bond donors (Lipinski definition) is 0. The van der Waals surface area contributed by atoms with Gasteiger partial charge in [0, 0.05) is 17.8 Å². The Kier molecular flexibility index (Phi) is 7.52. The Labute approximate surface area is 180 Å². The fourth-order valence-corrected chi connectivity index (χ4v) is 22.4. The standard InChI is InChI=1S/C20H48N4Si4/c1-20(2)16-18(21-23(25(3,4)5)26(6,7)8)15-19(17-20)22-24(27(9,10)11)28(12,13)14/h15-17H2,1-14H3. The van der Waals surface area contributed by atoms with Crippen molar-refractivity contribution in [3.05, 3.63) is 0 Å². The Morgan fingerprint density at radius 2 is 0.821 bits per heavy atom. The molecule has 1 rings (SSSR count). The molecule has 0 unspecified atom stereocenters. The van der Waals surface area contributed by atoms with Crippen LogP contribution in [0.1, 0.15) is 33.1 Å². The fourth-order valence-electron chi connectivity index (χ4n) is 4.56. The van der Waals surface area contributed by atoms with E-state index in [1.165, 1.54) is 11.4 Å². The van der Waals surface area contributed by atoms with Gasteiger partial charge in [0.2, 0.25) is 0 Å². The monoisotopic (exact) mass is 456 g/mol. The van der Waals surface area contributed by atoms with Gasteiger partial charge in [0.1, 0.15) is 0 Å². The van der Waals surface area contributed by atoms with Gasteiger partial charge in [-0.1, -0.05) is 92.4 Å². The molecule has 1 fully saturated rings. The summed E-state index contributed by atoms with van der Waals surface area (Å²) in [6.45, 7) is 33.9. The molecular formula is C20H48N4Si4. The van der Waals surface area contributed by atoms with Crippen molar-refractivity contribution in [2.24, 2.45) is 15.6 Å². The highest BCUT2D eigenvalue weighted by atomic mass is 28.4. The molecule has 0 aliphatic heterocycles. The Hall–Kier alpha value is -0.192. The summed E-state index contributed by atoms with van der Waals surface area (Å²) >= 11 is 0. The molecule has 1 aliphatic rings. The topological polar surface area (TPSA) is 31.2 Å². The van der Waals surface area contributed by atoms with Gasteiger partial charge in [0.05, 0.1) is 0 Å². The van der Waals surface area contributed by atoms with Crippen LogP contribution in [0.2, 0.25) is 78.6 Å². The zero-order valence-corrected chi connectivity index (χ0v) is 25.4. The fraction of sp³-hybridized carbons (Fsp3) is 0.900. The van der Waals surface area contributed by atoms with Gasteiger partial charge in [0.25, 0.3) is 0 Å². The molecule has 0 radical (unpaired) electrons. The van der Waals surface area contributed by atoms with Crippen molar-refractivity contribution in [2.45, 2.75) is 112 Å². The molecule has 0 atom stereocenters. The molecule has 0 N–H and O–H groups in total. The van der Waals surface area contributed by atoms with Crippen LogP contribution < -0.4 is 0 Å². The molecule has 1 aliphatic carbocycles. The van der Waals surface area contributed by atoms with Crippen LogP contribution in [0.15, 0.2) is 10.2 Å². The van der Waals surface area contributed by atoms with E-state index in [-0.39, 0.29) is 5.41 Å². The van der Waals surface area contributed by atoms with Crippen LogP contribution in [-0.2, 0) is 0 Å². The van der Waals surface area contributed by atoms with Crippen molar-refractivity contribution in [1.29, 1.82) is 0 Å². The maximum atomic E-state index is 5.35. The predicted molar refractivity (Wildman–Crippen MR) is 140 cm³/mol. The molecule has 0 heterocycles. The smallest absolute Gasteiger partial charge is 0.158 e. The highest BCUT2D eigenvalue weighted by molar-refractivity contribution is 6.90. The zero-order valence-electron chi connectivity index (χ0n) is 21.4. The van der Waals surface area contributed by atoms with Gasteiger partial charge >= 0.3 is 0 Å². The number of hydrazone groups is 2. The van der Waals surface area contributed by atoms with E-state index in [9.17, 15) is 0 Å². The Morgan fingerprint density at radius 3 is 1.04 bits per heavy atom. The lowest BCUT2D eigenvalue weighted by Gasteiger charge is -2.44. The van der Waals surface area contributed by atoms with E-state index in [1.54, 1.807) is 0 Å². The zero-order chi connectivity index (χ0) is 22.3. The lowest BCUT2D eigenvalue weighted by atomic mass is 9.75. The first kappa shape index (κ1) is 25.8. The molecular weight excluding hydrogens is 409 g/mol. The SMILES string of the molecule is CC1(C)CC(=NN([Si](C)(C)C)[Si](C)(C)C)CC(=NN([Si](C)(C)C)[Si](C)(C)C)C1. The molecule has 0 bridgehead atoms. The summed E-state index contributed by atoms with van der Waals surface area (Å²) in [7, 11) is -5.98. The molecule has 0 amide bonds. The van der Waals surface area contributed by atoms with Crippen LogP contribution in [0, 0.1) is 5.41 Å². The van der Waals surface area contributed by atoms with Gasteiger partial charge in [-0.2, -0.15) is 0 Å². The van der Waals surface area contributed by atoms with E-state index in [2.05, 4.69) is 101 Å². The summed E-state index contributed by atoms with van der Waals surface area (Å²) in [4.78, 5) is 0. The van der Waals surface area contributed by atoms with Crippen LogP contribution in [0.5, 0.6) is 0 Å². The normalized spacial score (nSPS) is 21.9. The maximum Gasteiger partial charge on any atom is 0.158 e. The lowest BCUT2D eigenvalue weighted by molar-refractivity contribution is 0.384. The summed E-state index contributed by atoms with van der Waals surface area (Å²) in [5.74, 6) is 0. The third kappa shape index (κ3) is 7.57. The van der Waals surface area contributed by atoms with E-state index in [1.807, 2.05) is 0 Å². The molecule has 4 nitrogen and oxygen atoms in total. The molecule has 0 saturated heterocycles. The van der Waals surface area contributed by atoms with Gasteiger partial charge in [-0.15, -0.1) is 0 Å². The highest BCUT2D eigenvalue weighted by Crippen LogP contribution is 2.35. The molecule has 28 heavy (non-hydrogen) atoms. The summed E-state index contributed by atoms with van der Waals surface area (Å²) in [6.07, 6.45) is 3.15. The van der Waals surface area contributed by atoms with Gasteiger partial charge in [-0.05, 0) is 18.3 Å². The van der Waals surface area contributed by atoms with Gasteiger partial charge < -0.3 is 8.68 Å². The molecule has 1 saturated carbocycles. The second-order valence-electron chi connectivity index (χ2n) is 13.3. The van der Waals surface area contributed by atoms with Crippen LogP contribution in [0.25, 0.3) is 0 Å². The second-order valence-corrected chi connectivity index (χ2v) is 33.3. The molecule has 8 heteroatoms. The first-order valence-electron chi connectivity index (χ1n) is 10.9. The van der Waals surface area contributed by atoms with Gasteiger partial charge in [0.15, 0.2) is 32.9 Å². The van der Waals surface area contributed by atoms with Crippen LogP contribution in [0.3, 0.4) is 0 Å². The van der Waals surface area contributed by atoms with E-state index < -0.39 is 32.9 Å². The summed E-state index contributed by atoms with van der Waals surface area (Å²) in [6, 6.07) is 0. The minimum atomic E-state index is -1.50. The molecule has 0 aromatic carbocycles. The van der Waals surface area contributed by atoms with E-state index in [0.717, 1.165) is 19.3 Å². The number of hydrogen-bond acceptors (Lipinski definition) is 4. The van der Waals surface area contributed by atoms with Crippen molar-refractivity contribution < 1.29 is 0 Å². The summed E-state index contributed by atoms with van der Waals surface area (Å²) in [5.41, 5.74) is 2.95. The van der Waals surface area contributed by atoms with Crippen LogP contribution in [-0.4, -0.2) is 53.0 Å². The van der Waals surface area contributed by atoms with Gasteiger partial charge in [-0.25, -0.2) is 10.2 Å². The van der Waals surface area contributed by atoms with Crippen LogP contribution >= 0.6 is 0 Å². The Balaban J connectivity index is 3.37. The highest BCUT2D eigenvalue weighted by Gasteiger charge is 2.38. The summed E-state index contributed by atoms with van der Waals surface area (Å²) < 4.78 is 5.15. The van der Waals surface area contributed by atoms with E-state index >= 15 is 0 Å². The van der Waals surface area contributed by atoms with Crippen molar-refractivity contribution >= 4 is 44.4 Å². The Morgan fingerprint density at radius 1 is 0.571 bits per heavy atom. The van der Waals surface area contributed by atoms with Crippen molar-refractivity contribution in [3.63, 3.8) is 0 Å². The van der Waals surface area contributed by atoms with E-state index in [4.69, 9.17) is 10.2 Å². The van der Waals surface area contributed by atoms with Crippen molar-refractivity contribution in [1.82, 2.24) is 8.68 Å². The number of rotatable bonds is 6. The first-order chi connectivity index (χ1) is 12.1. The van der Waals surface area contributed by atoms with E-state index in [0.29, 0.717) is 0 Å². The molecule has 164 valence electrons. The van der Waals surface area contributed by atoms with Crippen molar-refractivity contribution in [2.75, 3.05) is 0 Å².